The van der Waals surface area contributed by atoms with Crippen molar-refractivity contribution in [2.24, 2.45) is 4.99 Å². The van der Waals surface area contributed by atoms with Crippen molar-refractivity contribution in [3.05, 3.63) is 59.3 Å². The third-order valence-electron chi connectivity index (χ3n) is 5.30. The first-order valence-electron chi connectivity index (χ1n) is 10.7. The Bertz CT molecular complexity index is 795. The van der Waals surface area contributed by atoms with E-state index in [9.17, 15) is 4.39 Å². The fourth-order valence-corrected chi connectivity index (χ4v) is 3.39. The molecule has 1 saturated heterocycles. The van der Waals surface area contributed by atoms with Crippen molar-refractivity contribution in [1.29, 1.82) is 0 Å². The monoisotopic (exact) mass is 544 g/mol. The fraction of sp³-hybridized carbons (Fsp3) is 0.522. The number of morpholine rings is 1. The lowest BCUT2D eigenvalue weighted by Crippen LogP contribution is -2.40. The molecule has 0 bridgehead atoms. The maximum atomic E-state index is 14.0. The molecule has 172 valence electrons. The molecule has 0 aliphatic carbocycles. The van der Waals surface area contributed by atoms with Crippen LogP contribution in [0, 0.1) is 12.7 Å². The normalized spacial score (nSPS) is 15.9. The average Bonchev–Trinajstić information content (AvgIpc) is 3.27. The number of hydrogen-bond acceptors (Lipinski definition) is 4. The summed E-state index contributed by atoms with van der Waals surface area (Å²) in [6, 6.07) is 9.15. The van der Waals surface area contributed by atoms with Crippen LogP contribution in [0.4, 0.5) is 4.39 Å². The van der Waals surface area contributed by atoms with Crippen LogP contribution in [0.1, 0.15) is 36.3 Å². The topological polar surface area (TPSA) is 62.0 Å². The molecule has 1 unspecified atom stereocenters. The number of hydrogen-bond donors (Lipinski definition) is 2. The quantitative estimate of drug-likeness (QED) is 0.217. The first-order valence-corrected chi connectivity index (χ1v) is 10.7. The SMILES string of the molecule is Cc1ccc(C(C)NC(=NCCCN2CCOCC2)NCCc2ccco2)cc1F.I. The van der Waals surface area contributed by atoms with Gasteiger partial charge in [0, 0.05) is 39.1 Å². The highest BCUT2D eigenvalue weighted by Crippen LogP contribution is 2.16. The van der Waals surface area contributed by atoms with Gasteiger partial charge in [0.05, 0.1) is 25.5 Å². The average molecular weight is 544 g/mol. The Morgan fingerprint density at radius 3 is 2.77 bits per heavy atom. The van der Waals surface area contributed by atoms with E-state index in [-0.39, 0.29) is 35.8 Å². The Hall–Kier alpha value is -1.65. The van der Waals surface area contributed by atoms with Crippen LogP contribution in [0.15, 0.2) is 46.0 Å². The number of nitrogens with zero attached hydrogens (tertiary/aromatic N) is 2. The van der Waals surface area contributed by atoms with Crippen LogP contribution in [0.25, 0.3) is 0 Å². The minimum absolute atomic E-state index is 0. The molecule has 0 radical (unpaired) electrons. The lowest BCUT2D eigenvalue weighted by atomic mass is 10.1. The zero-order valence-corrected chi connectivity index (χ0v) is 20.7. The molecule has 1 aliphatic rings. The van der Waals surface area contributed by atoms with Crippen molar-refractivity contribution in [2.75, 3.05) is 45.9 Å². The second-order valence-electron chi connectivity index (χ2n) is 7.67. The lowest BCUT2D eigenvalue weighted by molar-refractivity contribution is 0.0377. The smallest absolute Gasteiger partial charge is 0.191 e. The molecule has 2 aromatic rings. The molecule has 1 fully saturated rings. The van der Waals surface area contributed by atoms with Gasteiger partial charge in [-0.2, -0.15) is 0 Å². The molecule has 1 atom stereocenters. The zero-order chi connectivity index (χ0) is 21.2. The molecule has 1 aliphatic heterocycles. The van der Waals surface area contributed by atoms with E-state index < -0.39 is 0 Å². The van der Waals surface area contributed by atoms with E-state index in [0.29, 0.717) is 12.1 Å². The van der Waals surface area contributed by atoms with Gasteiger partial charge in [-0.3, -0.25) is 9.89 Å². The highest BCUT2D eigenvalue weighted by molar-refractivity contribution is 14.0. The van der Waals surface area contributed by atoms with Gasteiger partial charge in [0.25, 0.3) is 0 Å². The van der Waals surface area contributed by atoms with Gasteiger partial charge in [-0.1, -0.05) is 12.1 Å². The predicted octanol–water partition coefficient (Wildman–Crippen LogP) is 3.91. The third-order valence-corrected chi connectivity index (χ3v) is 5.30. The fourth-order valence-electron chi connectivity index (χ4n) is 3.39. The summed E-state index contributed by atoms with van der Waals surface area (Å²) in [6.45, 7) is 9.85. The number of guanidine groups is 1. The highest BCUT2D eigenvalue weighted by atomic mass is 127. The molecule has 2 N–H and O–H groups in total. The highest BCUT2D eigenvalue weighted by Gasteiger charge is 2.11. The molecule has 0 amide bonds. The molecule has 1 aromatic carbocycles. The van der Waals surface area contributed by atoms with Crippen molar-refractivity contribution in [2.45, 2.75) is 32.7 Å². The number of aliphatic imine (C=N–C) groups is 1. The summed E-state index contributed by atoms with van der Waals surface area (Å²) in [5.74, 6) is 1.48. The summed E-state index contributed by atoms with van der Waals surface area (Å²) >= 11 is 0. The van der Waals surface area contributed by atoms with E-state index in [1.807, 2.05) is 31.2 Å². The van der Waals surface area contributed by atoms with Gasteiger partial charge in [0.2, 0.25) is 0 Å². The largest absolute Gasteiger partial charge is 0.469 e. The van der Waals surface area contributed by atoms with Crippen LogP contribution < -0.4 is 10.6 Å². The molecule has 1 aromatic heterocycles. The lowest BCUT2D eigenvalue weighted by Gasteiger charge is -2.26. The van der Waals surface area contributed by atoms with Crippen LogP contribution in [0.2, 0.25) is 0 Å². The van der Waals surface area contributed by atoms with Crippen molar-refractivity contribution < 1.29 is 13.5 Å². The Balaban J connectivity index is 0.00000341. The molecule has 31 heavy (non-hydrogen) atoms. The van der Waals surface area contributed by atoms with Crippen molar-refractivity contribution in [1.82, 2.24) is 15.5 Å². The standard InChI is InChI=1S/C23H33FN4O2.HI/c1-18-6-7-20(17-22(18)24)19(2)27-23(26-10-8-21-5-3-14-30-21)25-9-4-11-28-12-15-29-16-13-28;/h3,5-7,14,17,19H,4,8-13,15-16H2,1-2H3,(H2,25,26,27);1H. The maximum Gasteiger partial charge on any atom is 0.191 e. The molecule has 6 nitrogen and oxygen atoms in total. The van der Waals surface area contributed by atoms with Crippen molar-refractivity contribution in [3.8, 4) is 0 Å². The molecule has 0 spiro atoms. The van der Waals surface area contributed by atoms with Crippen LogP contribution >= 0.6 is 24.0 Å². The van der Waals surface area contributed by atoms with Gasteiger partial charge in [-0.15, -0.1) is 24.0 Å². The van der Waals surface area contributed by atoms with Gasteiger partial charge in [0.1, 0.15) is 11.6 Å². The molecule has 0 saturated carbocycles. The molecular formula is C23H34FIN4O2. The van der Waals surface area contributed by atoms with Gasteiger partial charge >= 0.3 is 0 Å². The predicted molar refractivity (Wildman–Crippen MR) is 133 cm³/mol. The van der Waals surface area contributed by atoms with E-state index >= 15 is 0 Å². The van der Waals surface area contributed by atoms with Crippen LogP contribution in [0.5, 0.6) is 0 Å². The van der Waals surface area contributed by atoms with Crippen LogP contribution in [0.3, 0.4) is 0 Å². The van der Waals surface area contributed by atoms with E-state index in [2.05, 4.69) is 15.5 Å². The number of nitrogens with one attached hydrogen (secondary N) is 2. The first-order chi connectivity index (χ1) is 14.6. The number of halogens is 2. The Morgan fingerprint density at radius 1 is 1.26 bits per heavy atom. The van der Waals surface area contributed by atoms with Gasteiger partial charge in [-0.25, -0.2) is 4.39 Å². The van der Waals surface area contributed by atoms with Crippen LogP contribution in [-0.4, -0.2) is 56.8 Å². The van der Waals surface area contributed by atoms with Gasteiger partial charge < -0.3 is 19.8 Å². The first kappa shape index (κ1) is 25.6. The molecule has 2 heterocycles. The minimum Gasteiger partial charge on any atom is -0.469 e. The second kappa shape index (κ2) is 13.7. The number of ether oxygens (including phenoxy) is 1. The third kappa shape index (κ3) is 8.78. The summed E-state index contributed by atoms with van der Waals surface area (Å²) in [5.41, 5.74) is 1.55. The van der Waals surface area contributed by atoms with Gasteiger partial charge in [-0.05, 0) is 49.6 Å². The molecule has 3 rings (SSSR count). The number of benzene rings is 1. The zero-order valence-electron chi connectivity index (χ0n) is 18.4. The number of aryl methyl sites for hydroxylation is 1. The van der Waals surface area contributed by atoms with Crippen molar-refractivity contribution >= 4 is 29.9 Å². The minimum atomic E-state index is -0.184. The Labute approximate surface area is 201 Å². The second-order valence-corrected chi connectivity index (χ2v) is 7.67. The van der Waals surface area contributed by atoms with E-state index in [0.717, 1.165) is 69.5 Å². The Kier molecular flexibility index (Phi) is 11.3. The molecular weight excluding hydrogens is 510 g/mol. The van der Waals surface area contributed by atoms with E-state index in [4.69, 9.17) is 14.1 Å². The maximum absolute atomic E-state index is 14.0. The summed E-state index contributed by atoms with van der Waals surface area (Å²) in [7, 11) is 0. The van der Waals surface area contributed by atoms with E-state index in [1.165, 1.54) is 0 Å². The number of rotatable bonds is 9. The Morgan fingerprint density at radius 2 is 2.06 bits per heavy atom. The summed E-state index contributed by atoms with van der Waals surface area (Å²) in [5, 5.41) is 6.78. The van der Waals surface area contributed by atoms with Crippen molar-refractivity contribution in [3.63, 3.8) is 0 Å². The number of furan rings is 1. The summed E-state index contributed by atoms with van der Waals surface area (Å²) in [4.78, 5) is 7.16. The van der Waals surface area contributed by atoms with Crippen LogP contribution in [-0.2, 0) is 11.2 Å². The summed E-state index contributed by atoms with van der Waals surface area (Å²) in [6.07, 6.45) is 3.44. The van der Waals surface area contributed by atoms with E-state index in [1.54, 1.807) is 19.3 Å². The van der Waals surface area contributed by atoms with Gasteiger partial charge in [0.15, 0.2) is 5.96 Å². The molecule has 8 heteroatoms. The summed E-state index contributed by atoms with van der Waals surface area (Å²) < 4.78 is 24.8.